The van der Waals surface area contributed by atoms with Crippen LogP contribution in [0.4, 0.5) is 5.00 Å². The van der Waals surface area contributed by atoms with Crippen molar-refractivity contribution in [3.05, 3.63) is 94.9 Å². The fourth-order valence-corrected chi connectivity index (χ4v) is 4.56. The number of rotatable bonds is 8. The Labute approximate surface area is 206 Å². The fourth-order valence-electron chi connectivity index (χ4n) is 3.73. The first kappa shape index (κ1) is 23.9. The van der Waals surface area contributed by atoms with Crippen molar-refractivity contribution in [1.29, 1.82) is 0 Å². The second-order valence-corrected chi connectivity index (χ2v) is 9.09. The normalized spacial score (nSPS) is 10.7. The van der Waals surface area contributed by atoms with Crippen LogP contribution in [-0.4, -0.2) is 27.9 Å². The van der Waals surface area contributed by atoms with Crippen LogP contribution in [0.1, 0.15) is 28.4 Å². The maximum absolute atomic E-state index is 12.4. The number of amides is 1. The molecule has 0 unspecified atom stereocenters. The average molecular weight is 486 g/mol. The third-order valence-corrected chi connectivity index (χ3v) is 6.38. The maximum atomic E-state index is 12.4. The second-order valence-electron chi connectivity index (χ2n) is 8.18. The van der Waals surface area contributed by atoms with Crippen molar-refractivity contribution in [2.45, 2.75) is 19.8 Å². The molecule has 0 aliphatic rings. The molecule has 0 bridgehead atoms. The number of carboxylic acids is 1. The van der Waals surface area contributed by atoms with E-state index in [1.54, 1.807) is 36.4 Å². The Hall–Kier alpha value is -4.23. The van der Waals surface area contributed by atoms with Crippen molar-refractivity contribution in [3.8, 4) is 28.0 Å². The van der Waals surface area contributed by atoms with Crippen molar-refractivity contribution in [1.82, 2.24) is 0 Å². The Morgan fingerprint density at radius 3 is 1.91 bits per heavy atom. The van der Waals surface area contributed by atoms with Crippen LogP contribution in [0.15, 0.2) is 78.2 Å². The lowest BCUT2D eigenvalue weighted by Crippen LogP contribution is -2.13. The van der Waals surface area contributed by atoms with E-state index in [1.807, 2.05) is 41.8 Å². The topological polar surface area (TPSA) is 104 Å². The summed E-state index contributed by atoms with van der Waals surface area (Å²) in [6.45, 7) is 1.42. The highest BCUT2D eigenvalue weighted by atomic mass is 32.1. The van der Waals surface area contributed by atoms with E-state index in [-0.39, 0.29) is 30.3 Å². The molecule has 0 saturated heterocycles. The number of benzene rings is 3. The summed E-state index contributed by atoms with van der Waals surface area (Å²) in [5.41, 5.74) is 5.50. The van der Waals surface area contributed by atoms with E-state index >= 15 is 0 Å². The largest absolute Gasteiger partial charge is 0.507 e. The molecular weight excluding hydrogens is 462 g/mol. The molecule has 3 N–H and O–H groups in total. The van der Waals surface area contributed by atoms with Crippen LogP contribution in [-0.2, 0) is 22.4 Å². The first-order valence-corrected chi connectivity index (χ1v) is 11.8. The standard InChI is InChI=1S/C28H23NO5S/c1-17(30)24-11-10-22(14-25(24)31)20-6-8-21(9-7-20)23-15-27(35-16-23)29-26(32)12-18-2-4-19(5-3-18)13-28(33)34/h2-11,14-16,31H,12-13H2,1H3,(H,29,32)(H,33,34). The number of carbonyl (C=O) groups is 3. The molecule has 0 fully saturated rings. The third kappa shape index (κ3) is 6.02. The van der Waals surface area contributed by atoms with Crippen molar-refractivity contribution < 1.29 is 24.6 Å². The number of hydrogen-bond donors (Lipinski definition) is 3. The van der Waals surface area contributed by atoms with Crippen molar-refractivity contribution in [2.75, 3.05) is 5.32 Å². The number of aliphatic carboxylic acids is 1. The van der Waals surface area contributed by atoms with Gasteiger partial charge in [-0.25, -0.2) is 0 Å². The first-order chi connectivity index (χ1) is 16.8. The number of Topliss-reactive ketones (excluding diaryl/α,β-unsaturated/α-hetero) is 1. The van der Waals surface area contributed by atoms with Gasteiger partial charge in [0.1, 0.15) is 5.75 Å². The second kappa shape index (κ2) is 10.4. The van der Waals surface area contributed by atoms with Crippen LogP contribution in [0.5, 0.6) is 5.75 Å². The van der Waals surface area contributed by atoms with Crippen LogP contribution in [0.3, 0.4) is 0 Å². The molecule has 1 amide bonds. The number of ketones is 1. The van der Waals surface area contributed by atoms with E-state index in [0.717, 1.165) is 32.8 Å². The summed E-state index contributed by atoms with van der Waals surface area (Å²) in [7, 11) is 0. The number of carboxylic acid groups (broad SMARTS) is 1. The zero-order chi connectivity index (χ0) is 24.9. The molecule has 7 heteroatoms. The molecule has 4 aromatic rings. The van der Waals surface area contributed by atoms with Crippen LogP contribution in [0, 0.1) is 0 Å². The molecule has 1 aromatic heterocycles. The smallest absolute Gasteiger partial charge is 0.307 e. The van der Waals surface area contributed by atoms with Gasteiger partial charge in [0.2, 0.25) is 5.91 Å². The molecule has 4 rings (SSSR count). The predicted octanol–water partition coefficient (Wildman–Crippen LogP) is 5.80. The number of phenolic OH excluding ortho intramolecular Hbond substituents is 1. The van der Waals surface area contributed by atoms with E-state index in [0.29, 0.717) is 11.1 Å². The third-order valence-electron chi connectivity index (χ3n) is 5.53. The molecule has 0 spiro atoms. The Balaban J connectivity index is 1.39. The maximum Gasteiger partial charge on any atom is 0.307 e. The lowest BCUT2D eigenvalue weighted by atomic mass is 9.99. The number of hydrogen-bond acceptors (Lipinski definition) is 5. The van der Waals surface area contributed by atoms with Gasteiger partial charge in [-0.2, -0.15) is 0 Å². The molecule has 35 heavy (non-hydrogen) atoms. The highest BCUT2D eigenvalue weighted by molar-refractivity contribution is 7.14. The minimum Gasteiger partial charge on any atom is -0.507 e. The number of aromatic hydroxyl groups is 1. The van der Waals surface area contributed by atoms with Gasteiger partial charge in [-0.05, 0) is 58.5 Å². The lowest BCUT2D eigenvalue weighted by molar-refractivity contribution is -0.136. The summed E-state index contributed by atoms with van der Waals surface area (Å²) in [5, 5.41) is 24.6. The fraction of sp³-hybridized carbons (Fsp3) is 0.107. The van der Waals surface area contributed by atoms with Gasteiger partial charge < -0.3 is 15.5 Å². The minimum absolute atomic E-state index is 0.0338. The van der Waals surface area contributed by atoms with Gasteiger partial charge in [0.25, 0.3) is 0 Å². The predicted molar refractivity (Wildman–Crippen MR) is 137 cm³/mol. The summed E-state index contributed by atoms with van der Waals surface area (Å²) >= 11 is 1.44. The van der Waals surface area contributed by atoms with Gasteiger partial charge >= 0.3 is 5.97 Å². The zero-order valence-electron chi connectivity index (χ0n) is 18.9. The van der Waals surface area contributed by atoms with E-state index in [9.17, 15) is 19.5 Å². The summed E-state index contributed by atoms with van der Waals surface area (Å²) < 4.78 is 0. The van der Waals surface area contributed by atoms with Crippen LogP contribution >= 0.6 is 11.3 Å². The molecule has 1 heterocycles. The molecular formula is C28H23NO5S. The quantitative estimate of drug-likeness (QED) is 0.274. The highest BCUT2D eigenvalue weighted by Crippen LogP contribution is 2.32. The van der Waals surface area contributed by atoms with E-state index < -0.39 is 5.97 Å². The Morgan fingerprint density at radius 2 is 1.34 bits per heavy atom. The Morgan fingerprint density at radius 1 is 0.771 bits per heavy atom. The molecule has 0 radical (unpaired) electrons. The van der Waals surface area contributed by atoms with Gasteiger partial charge in [-0.1, -0.05) is 54.6 Å². The van der Waals surface area contributed by atoms with Crippen LogP contribution in [0.25, 0.3) is 22.3 Å². The van der Waals surface area contributed by atoms with E-state index in [4.69, 9.17) is 5.11 Å². The molecule has 0 aliphatic carbocycles. The summed E-state index contributed by atoms with van der Waals surface area (Å²) in [4.78, 5) is 34.7. The molecule has 0 aliphatic heterocycles. The number of carbonyl (C=O) groups excluding carboxylic acids is 2. The number of nitrogens with one attached hydrogen (secondary N) is 1. The van der Waals surface area contributed by atoms with E-state index in [2.05, 4.69) is 5.32 Å². The zero-order valence-corrected chi connectivity index (χ0v) is 19.8. The van der Waals surface area contributed by atoms with Gasteiger partial charge in [0.05, 0.1) is 23.4 Å². The highest BCUT2D eigenvalue weighted by Gasteiger charge is 2.10. The molecule has 176 valence electrons. The molecule has 3 aromatic carbocycles. The van der Waals surface area contributed by atoms with Gasteiger partial charge in [0, 0.05) is 5.38 Å². The SMILES string of the molecule is CC(=O)c1ccc(-c2ccc(-c3csc(NC(=O)Cc4ccc(CC(=O)O)cc4)c3)cc2)cc1O. The molecule has 0 saturated carbocycles. The summed E-state index contributed by atoms with van der Waals surface area (Å²) in [6.07, 6.45) is 0.157. The monoisotopic (exact) mass is 485 g/mol. The summed E-state index contributed by atoms with van der Waals surface area (Å²) in [6, 6.07) is 21.8. The van der Waals surface area contributed by atoms with Crippen molar-refractivity contribution in [2.24, 2.45) is 0 Å². The number of thiophene rings is 1. The molecule has 6 nitrogen and oxygen atoms in total. The number of anilines is 1. The first-order valence-electron chi connectivity index (χ1n) is 10.9. The Kier molecular flexibility index (Phi) is 7.08. The van der Waals surface area contributed by atoms with Gasteiger partial charge in [-0.15, -0.1) is 11.3 Å². The van der Waals surface area contributed by atoms with E-state index in [1.165, 1.54) is 18.3 Å². The minimum atomic E-state index is -0.888. The van der Waals surface area contributed by atoms with Gasteiger partial charge in [0.15, 0.2) is 5.78 Å². The van der Waals surface area contributed by atoms with Crippen molar-refractivity contribution >= 4 is 34.0 Å². The van der Waals surface area contributed by atoms with Crippen LogP contribution in [0.2, 0.25) is 0 Å². The van der Waals surface area contributed by atoms with Gasteiger partial charge in [-0.3, -0.25) is 14.4 Å². The van der Waals surface area contributed by atoms with Crippen molar-refractivity contribution in [3.63, 3.8) is 0 Å². The Bertz CT molecular complexity index is 1390. The lowest BCUT2D eigenvalue weighted by Gasteiger charge is -2.07. The molecule has 0 atom stereocenters. The number of phenols is 1. The summed E-state index contributed by atoms with van der Waals surface area (Å²) in [5.74, 6) is -1.25. The average Bonchev–Trinajstić information content (AvgIpc) is 3.28. The van der Waals surface area contributed by atoms with Crippen LogP contribution < -0.4 is 5.32 Å².